The van der Waals surface area contributed by atoms with Crippen LogP contribution in [0.3, 0.4) is 0 Å². The zero-order valence-corrected chi connectivity index (χ0v) is 13.7. The Morgan fingerprint density at radius 3 is 2.68 bits per heavy atom. The zero-order valence-electron chi connectivity index (χ0n) is 13.7. The van der Waals surface area contributed by atoms with Crippen LogP contribution < -0.4 is 5.32 Å². The lowest BCUT2D eigenvalue weighted by Crippen LogP contribution is -2.12. The highest BCUT2D eigenvalue weighted by molar-refractivity contribution is 5.56. The van der Waals surface area contributed by atoms with Crippen molar-refractivity contribution in [2.24, 2.45) is 0 Å². The topological polar surface area (TPSA) is 29.9 Å². The van der Waals surface area contributed by atoms with Gasteiger partial charge in [0.05, 0.1) is 11.4 Å². The fourth-order valence-electron chi connectivity index (χ4n) is 3.58. The minimum Gasteiger partial charge on any atom is -0.370 e. The normalized spacial score (nSPS) is 18.3. The molecule has 1 fully saturated rings. The summed E-state index contributed by atoms with van der Waals surface area (Å²) in [4.78, 5) is 0. The molecule has 4 rings (SSSR count). The molecule has 0 spiro atoms. The van der Waals surface area contributed by atoms with Gasteiger partial charge in [-0.05, 0) is 69.2 Å². The van der Waals surface area contributed by atoms with Crippen molar-refractivity contribution in [3.8, 4) is 5.69 Å². The van der Waals surface area contributed by atoms with Gasteiger partial charge in [-0.3, -0.25) is 0 Å². The van der Waals surface area contributed by atoms with Crippen molar-refractivity contribution < 1.29 is 0 Å². The van der Waals surface area contributed by atoms with Crippen molar-refractivity contribution >= 4 is 5.82 Å². The molecule has 1 saturated carbocycles. The van der Waals surface area contributed by atoms with Crippen LogP contribution >= 0.6 is 0 Å². The van der Waals surface area contributed by atoms with Crippen molar-refractivity contribution in [2.75, 3.05) is 11.9 Å². The summed E-state index contributed by atoms with van der Waals surface area (Å²) in [6.45, 7) is 5.41. The second-order valence-electron chi connectivity index (χ2n) is 6.90. The molecule has 0 atom stereocenters. The SMILES string of the molecule is Cc1ccc(-n2nc(C3CCC3)c3c2NCCCC3)cc1C. The van der Waals surface area contributed by atoms with Gasteiger partial charge in [0, 0.05) is 18.0 Å². The van der Waals surface area contributed by atoms with Crippen LogP contribution in [0.1, 0.15) is 60.4 Å². The molecule has 1 aliphatic heterocycles. The van der Waals surface area contributed by atoms with E-state index in [1.54, 1.807) is 0 Å². The summed E-state index contributed by atoms with van der Waals surface area (Å²) in [6, 6.07) is 6.67. The molecule has 1 aliphatic carbocycles. The number of hydrogen-bond donors (Lipinski definition) is 1. The smallest absolute Gasteiger partial charge is 0.133 e. The van der Waals surface area contributed by atoms with Crippen LogP contribution in [0.15, 0.2) is 18.2 Å². The molecular formula is C19H25N3. The van der Waals surface area contributed by atoms with Gasteiger partial charge in [-0.2, -0.15) is 5.10 Å². The predicted octanol–water partition coefficient (Wildman–Crippen LogP) is 4.50. The molecule has 1 aromatic carbocycles. The van der Waals surface area contributed by atoms with E-state index in [1.165, 1.54) is 72.4 Å². The second-order valence-corrected chi connectivity index (χ2v) is 6.90. The number of nitrogens with zero attached hydrogens (tertiary/aromatic N) is 2. The van der Waals surface area contributed by atoms with Gasteiger partial charge in [-0.25, -0.2) is 4.68 Å². The number of hydrogen-bond acceptors (Lipinski definition) is 2. The molecule has 0 bridgehead atoms. The Hall–Kier alpha value is -1.77. The summed E-state index contributed by atoms with van der Waals surface area (Å²) in [5, 5.41) is 8.70. The maximum absolute atomic E-state index is 5.05. The lowest BCUT2D eigenvalue weighted by molar-refractivity contribution is 0.406. The van der Waals surface area contributed by atoms with Crippen molar-refractivity contribution in [1.82, 2.24) is 9.78 Å². The van der Waals surface area contributed by atoms with Crippen molar-refractivity contribution in [3.63, 3.8) is 0 Å². The minimum absolute atomic E-state index is 0.696. The summed E-state index contributed by atoms with van der Waals surface area (Å²) >= 11 is 0. The Bertz CT molecular complexity index is 695. The Morgan fingerprint density at radius 2 is 1.95 bits per heavy atom. The molecule has 1 aromatic heterocycles. The van der Waals surface area contributed by atoms with Crippen LogP contribution in [0, 0.1) is 13.8 Å². The average molecular weight is 295 g/mol. The first-order valence-corrected chi connectivity index (χ1v) is 8.67. The fourth-order valence-corrected chi connectivity index (χ4v) is 3.58. The summed E-state index contributed by atoms with van der Waals surface area (Å²) in [6.07, 6.45) is 7.71. The quantitative estimate of drug-likeness (QED) is 0.883. The minimum atomic E-state index is 0.696. The first-order valence-electron chi connectivity index (χ1n) is 8.67. The third-order valence-corrected chi connectivity index (χ3v) is 5.39. The van der Waals surface area contributed by atoms with Gasteiger partial charge in [-0.15, -0.1) is 0 Å². The molecule has 0 unspecified atom stereocenters. The highest BCUT2D eigenvalue weighted by Crippen LogP contribution is 2.41. The number of rotatable bonds is 2. The van der Waals surface area contributed by atoms with E-state index >= 15 is 0 Å². The molecule has 2 aliphatic rings. The number of anilines is 1. The van der Waals surface area contributed by atoms with Gasteiger partial charge in [0.25, 0.3) is 0 Å². The van der Waals surface area contributed by atoms with Crippen molar-refractivity contribution in [1.29, 1.82) is 0 Å². The van der Waals surface area contributed by atoms with Crippen LogP contribution in [-0.4, -0.2) is 16.3 Å². The molecule has 1 N–H and O–H groups in total. The number of aromatic nitrogens is 2. The molecule has 0 saturated heterocycles. The molecule has 0 radical (unpaired) electrons. The second kappa shape index (κ2) is 5.45. The summed E-state index contributed by atoms with van der Waals surface area (Å²) in [5.74, 6) is 1.95. The molecule has 22 heavy (non-hydrogen) atoms. The molecule has 2 heterocycles. The van der Waals surface area contributed by atoms with Crippen LogP contribution in [0.25, 0.3) is 5.69 Å². The Labute approximate surface area is 132 Å². The lowest BCUT2D eigenvalue weighted by atomic mass is 9.81. The fraction of sp³-hybridized carbons (Fsp3) is 0.526. The summed E-state index contributed by atoms with van der Waals surface area (Å²) in [5.41, 5.74) is 6.73. The molecule has 3 nitrogen and oxygen atoms in total. The highest BCUT2D eigenvalue weighted by Gasteiger charge is 2.29. The van der Waals surface area contributed by atoms with E-state index in [4.69, 9.17) is 5.10 Å². The molecular weight excluding hydrogens is 270 g/mol. The van der Waals surface area contributed by atoms with E-state index in [0.717, 1.165) is 6.54 Å². The largest absolute Gasteiger partial charge is 0.370 e. The number of nitrogens with one attached hydrogen (secondary N) is 1. The van der Waals surface area contributed by atoms with E-state index in [2.05, 4.69) is 42.0 Å². The van der Waals surface area contributed by atoms with Gasteiger partial charge in [0.2, 0.25) is 0 Å². The third-order valence-electron chi connectivity index (χ3n) is 5.39. The summed E-state index contributed by atoms with van der Waals surface area (Å²) in [7, 11) is 0. The third kappa shape index (κ3) is 2.23. The van der Waals surface area contributed by atoms with E-state index in [1.807, 2.05) is 0 Å². The molecule has 2 aromatic rings. The monoisotopic (exact) mass is 295 g/mol. The number of aryl methyl sites for hydroxylation is 2. The van der Waals surface area contributed by atoms with E-state index in [0.29, 0.717) is 5.92 Å². The van der Waals surface area contributed by atoms with E-state index in [9.17, 15) is 0 Å². The van der Waals surface area contributed by atoms with Gasteiger partial charge in [0.1, 0.15) is 5.82 Å². The van der Waals surface area contributed by atoms with Crippen LogP contribution in [0.2, 0.25) is 0 Å². The predicted molar refractivity (Wildman–Crippen MR) is 91.1 cm³/mol. The average Bonchev–Trinajstić information content (AvgIpc) is 2.66. The Morgan fingerprint density at radius 1 is 1.09 bits per heavy atom. The first-order chi connectivity index (χ1) is 10.7. The number of fused-ring (bicyclic) bond motifs is 1. The Balaban J connectivity index is 1.84. The van der Waals surface area contributed by atoms with Crippen LogP contribution in [-0.2, 0) is 6.42 Å². The van der Waals surface area contributed by atoms with Gasteiger partial charge in [0.15, 0.2) is 0 Å². The zero-order chi connectivity index (χ0) is 15.1. The number of benzene rings is 1. The molecule has 0 amide bonds. The van der Waals surface area contributed by atoms with Gasteiger partial charge >= 0.3 is 0 Å². The van der Waals surface area contributed by atoms with Crippen molar-refractivity contribution in [3.05, 3.63) is 40.6 Å². The van der Waals surface area contributed by atoms with E-state index < -0.39 is 0 Å². The van der Waals surface area contributed by atoms with E-state index in [-0.39, 0.29) is 0 Å². The first kappa shape index (κ1) is 13.9. The maximum Gasteiger partial charge on any atom is 0.133 e. The van der Waals surface area contributed by atoms with Gasteiger partial charge in [-0.1, -0.05) is 12.5 Å². The van der Waals surface area contributed by atoms with Gasteiger partial charge < -0.3 is 5.32 Å². The van der Waals surface area contributed by atoms with Crippen LogP contribution in [0.5, 0.6) is 0 Å². The van der Waals surface area contributed by atoms with Crippen LogP contribution in [0.4, 0.5) is 5.82 Å². The highest BCUT2D eigenvalue weighted by atomic mass is 15.3. The molecule has 3 heteroatoms. The lowest BCUT2D eigenvalue weighted by Gasteiger charge is -2.24. The summed E-state index contributed by atoms with van der Waals surface area (Å²) < 4.78 is 2.17. The standard InChI is InChI=1S/C19H25N3/c1-13-9-10-16(12-14(13)2)22-19-17(8-3-4-11-20-19)18(21-22)15-6-5-7-15/h9-10,12,15,20H,3-8,11H2,1-2H3. The Kier molecular flexibility index (Phi) is 3.44. The van der Waals surface area contributed by atoms with Crippen molar-refractivity contribution in [2.45, 2.75) is 58.3 Å². The molecule has 116 valence electrons. The maximum atomic E-state index is 5.05.